The van der Waals surface area contributed by atoms with Crippen LogP contribution in [0.5, 0.6) is 0 Å². The minimum Gasteiger partial charge on any atom is -0.333 e. The van der Waals surface area contributed by atoms with Crippen molar-refractivity contribution >= 4 is 11.6 Å². The number of aromatic nitrogens is 2. The van der Waals surface area contributed by atoms with Crippen molar-refractivity contribution in [3.8, 4) is 0 Å². The minimum absolute atomic E-state index is 0.0419. The molecule has 0 saturated carbocycles. The van der Waals surface area contributed by atoms with Gasteiger partial charge in [-0.3, -0.25) is 10.1 Å². The van der Waals surface area contributed by atoms with Crippen molar-refractivity contribution in [2.45, 2.75) is 26.8 Å². The Bertz CT molecular complexity index is 715. The van der Waals surface area contributed by atoms with Gasteiger partial charge in [-0.2, -0.15) is 0 Å². The van der Waals surface area contributed by atoms with E-state index in [-0.39, 0.29) is 17.1 Å². The zero-order valence-corrected chi connectivity index (χ0v) is 12.9. The lowest BCUT2D eigenvalue weighted by Gasteiger charge is -2.54. The monoisotopic (exact) mass is 298 g/mol. The van der Waals surface area contributed by atoms with Gasteiger partial charge in [0.05, 0.1) is 11.0 Å². The van der Waals surface area contributed by atoms with E-state index in [1.54, 1.807) is 6.92 Å². The molecule has 22 heavy (non-hydrogen) atoms. The van der Waals surface area contributed by atoms with Crippen LogP contribution in [0.2, 0.25) is 0 Å². The van der Waals surface area contributed by atoms with E-state index in [1.165, 1.54) is 11.8 Å². The number of aryl methyl sites for hydroxylation is 1. The Morgan fingerprint density at radius 2 is 2.00 bits per heavy atom. The smallest absolute Gasteiger partial charge is 0.308 e. The predicted molar refractivity (Wildman–Crippen MR) is 83.7 cm³/mol. The van der Waals surface area contributed by atoms with Gasteiger partial charge < -0.3 is 4.90 Å². The molecule has 1 fully saturated rings. The highest BCUT2D eigenvalue weighted by Gasteiger charge is 2.47. The van der Waals surface area contributed by atoms with Gasteiger partial charge >= 0.3 is 5.69 Å². The molecule has 2 aromatic rings. The van der Waals surface area contributed by atoms with E-state index in [0.717, 1.165) is 6.54 Å². The topological polar surface area (TPSA) is 72.2 Å². The first-order chi connectivity index (χ1) is 10.4. The van der Waals surface area contributed by atoms with Crippen molar-refractivity contribution in [1.82, 2.24) is 9.97 Å². The van der Waals surface area contributed by atoms with E-state index in [2.05, 4.69) is 40.8 Å². The van der Waals surface area contributed by atoms with E-state index >= 15 is 0 Å². The summed E-state index contributed by atoms with van der Waals surface area (Å²) in [6, 6.07) is 10.4. The van der Waals surface area contributed by atoms with E-state index in [1.807, 2.05) is 18.2 Å². The number of benzene rings is 1. The Hall–Kier alpha value is -2.50. The highest BCUT2D eigenvalue weighted by atomic mass is 16.6. The number of rotatable bonds is 3. The Balaban J connectivity index is 1.95. The van der Waals surface area contributed by atoms with Gasteiger partial charge in [0.1, 0.15) is 11.9 Å². The highest BCUT2D eigenvalue weighted by molar-refractivity contribution is 5.47. The largest absolute Gasteiger partial charge is 0.333 e. The van der Waals surface area contributed by atoms with Crippen LogP contribution in [-0.2, 0) is 0 Å². The number of anilines is 1. The van der Waals surface area contributed by atoms with Crippen LogP contribution in [0.3, 0.4) is 0 Å². The van der Waals surface area contributed by atoms with Gasteiger partial charge in [0, 0.05) is 12.0 Å². The van der Waals surface area contributed by atoms with Crippen molar-refractivity contribution < 1.29 is 4.92 Å². The average molecular weight is 298 g/mol. The Kier molecular flexibility index (Phi) is 3.31. The van der Waals surface area contributed by atoms with Crippen LogP contribution in [0.25, 0.3) is 0 Å². The zero-order chi connectivity index (χ0) is 15.9. The molecule has 6 nitrogen and oxygen atoms in total. The molecule has 2 heterocycles. The van der Waals surface area contributed by atoms with Crippen LogP contribution >= 0.6 is 0 Å². The van der Waals surface area contributed by atoms with Crippen molar-refractivity contribution in [2.24, 2.45) is 5.41 Å². The molecule has 0 N–H and O–H groups in total. The maximum atomic E-state index is 10.9. The molecule has 3 rings (SSSR count). The standard InChI is InChI=1S/C16H18N4O2/c1-11-13(20(21)22)9-17-15(18-11)19-10-16(2,3)14(19)12-7-5-4-6-8-12/h4-9,14H,10H2,1-3H3. The van der Waals surface area contributed by atoms with Crippen molar-refractivity contribution in [3.63, 3.8) is 0 Å². The molecule has 0 bridgehead atoms. The average Bonchev–Trinajstić information content (AvgIpc) is 2.45. The molecule has 0 amide bonds. The van der Waals surface area contributed by atoms with Crippen LogP contribution < -0.4 is 4.90 Å². The summed E-state index contributed by atoms with van der Waals surface area (Å²) >= 11 is 0. The molecule has 0 spiro atoms. The Morgan fingerprint density at radius 3 is 2.55 bits per heavy atom. The number of nitrogens with zero attached hydrogens (tertiary/aromatic N) is 4. The molecule has 0 aliphatic carbocycles. The first-order valence-corrected chi connectivity index (χ1v) is 7.20. The molecule has 1 atom stereocenters. The second kappa shape index (κ2) is 5.05. The quantitative estimate of drug-likeness (QED) is 0.642. The van der Waals surface area contributed by atoms with Gasteiger partial charge in [0.2, 0.25) is 5.95 Å². The summed E-state index contributed by atoms with van der Waals surface area (Å²) in [6.07, 6.45) is 1.30. The van der Waals surface area contributed by atoms with E-state index in [4.69, 9.17) is 0 Å². The molecule has 114 valence electrons. The Labute approximate surface area is 129 Å². The molecule has 1 aromatic heterocycles. The third-order valence-electron chi connectivity index (χ3n) is 4.14. The van der Waals surface area contributed by atoms with Crippen LogP contribution in [-0.4, -0.2) is 21.4 Å². The number of hydrogen-bond acceptors (Lipinski definition) is 5. The summed E-state index contributed by atoms with van der Waals surface area (Å²) in [5.74, 6) is 0.552. The van der Waals surface area contributed by atoms with Gasteiger partial charge in [0.25, 0.3) is 0 Å². The zero-order valence-electron chi connectivity index (χ0n) is 12.9. The maximum absolute atomic E-state index is 10.9. The molecule has 6 heteroatoms. The summed E-state index contributed by atoms with van der Waals surface area (Å²) in [6.45, 7) is 6.88. The maximum Gasteiger partial charge on any atom is 0.308 e. The van der Waals surface area contributed by atoms with Gasteiger partial charge in [0.15, 0.2) is 0 Å². The van der Waals surface area contributed by atoms with E-state index in [0.29, 0.717) is 11.6 Å². The molecule has 1 saturated heterocycles. The molecule has 0 radical (unpaired) electrons. The van der Waals surface area contributed by atoms with Gasteiger partial charge in [-0.25, -0.2) is 9.97 Å². The molecule has 1 aliphatic rings. The third kappa shape index (κ3) is 2.30. The molecule has 1 unspecified atom stereocenters. The summed E-state index contributed by atoms with van der Waals surface area (Å²) in [7, 11) is 0. The number of nitro groups is 1. The molecule has 1 aromatic carbocycles. The third-order valence-corrected chi connectivity index (χ3v) is 4.14. The van der Waals surface area contributed by atoms with Gasteiger partial charge in [-0.15, -0.1) is 0 Å². The molecular weight excluding hydrogens is 280 g/mol. The molecule has 1 aliphatic heterocycles. The normalized spacial score (nSPS) is 19.6. The summed E-state index contributed by atoms with van der Waals surface area (Å²) in [5.41, 5.74) is 1.67. The van der Waals surface area contributed by atoms with Crippen molar-refractivity contribution in [3.05, 3.63) is 57.9 Å². The first-order valence-electron chi connectivity index (χ1n) is 7.20. The fourth-order valence-corrected chi connectivity index (χ4v) is 3.14. The minimum atomic E-state index is -0.451. The van der Waals surface area contributed by atoms with Crippen molar-refractivity contribution in [2.75, 3.05) is 11.4 Å². The van der Waals surface area contributed by atoms with Crippen molar-refractivity contribution in [1.29, 1.82) is 0 Å². The first kappa shape index (κ1) is 14.4. The predicted octanol–water partition coefficient (Wildman–Crippen LogP) is 3.28. The van der Waals surface area contributed by atoms with Gasteiger partial charge in [-0.1, -0.05) is 44.2 Å². The number of hydrogen-bond donors (Lipinski definition) is 0. The second-order valence-corrected chi connectivity index (χ2v) is 6.33. The van der Waals surface area contributed by atoms with E-state index < -0.39 is 4.92 Å². The van der Waals surface area contributed by atoms with Crippen LogP contribution in [0.15, 0.2) is 36.5 Å². The SMILES string of the molecule is Cc1nc(N2CC(C)(C)C2c2ccccc2)ncc1[N+](=O)[O-]. The summed E-state index contributed by atoms with van der Waals surface area (Å²) < 4.78 is 0. The van der Waals surface area contributed by atoms with Crippen LogP contribution in [0, 0.1) is 22.5 Å². The highest BCUT2D eigenvalue weighted by Crippen LogP contribution is 2.49. The summed E-state index contributed by atoms with van der Waals surface area (Å²) in [4.78, 5) is 21.1. The second-order valence-electron chi connectivity index (χ2n) is 6.33. The lowest BCUT2D eigenvalue weighted by atomic mass is 9.72. The van der Waals surface area contributed by atoms with E-state index in [9.17, 15) is 10.1 Å². The Morgan fingerprint density at radius 1 is 1.32 bits per heavy atom. The fourth-order valence-electron chi connectivity index (χ4n) is 3.14. The molecular formula is C16H18N4O2. The van der Waals surface area contributed by atoms with Crippen LogP contribution in [0.4, 0.5) is 11.6 Å². The van der Waals surface area contributed by atoms with Gasteiger partial charge in [-0.05, 0) is 12.5 Å². The van der Waals surface area contributed by atoms with Crippen LogP contribution in [0.1, 0.15) is 31.1 Å². The lowest BCUT2D eigenvalue weighted by molar-refractivity contribution is -0.386. The summed E-state index contributed by atoms with van der Waals surface area (Å²) in [5, 5.41) is 10.9. The fraction of sp³-hybridized carbons (Fsp3) is 0.375. The lowest BCUT2D eigenvalue weighted by Crippen LogP contribution is -2.56.